The minimum atomic E-state index is 0.242. The van der Waals surface area contributed by atoms with E-state index in [9.17, 15) is 0 Å². The highest BCUT2D eigenvalue weighted by Crippen LogP contribution is 2.23. The first-order chi connectivity index (χ1) is 6.40. The van der Waals surface area contributed by atoms with Crippen LogP contribution in [0.2, 0.25) is 0 Å². The quantitative estimate of drug-likeness (QED) is 0.646. The van der Waals surface area contributed by atoms with E-state index >= 15 is 0 Å². The molecule has 1 aromatic rings. The Morgan fingerprint density at radius 1 is 1.69 bits per heavy atom. The van der Waals surface area contributed by atoms with Gasteiger partial charge < -0.3 is 14.2 Å². The predicted molar refractivity (Wildman–Crippen MR) is 46.0 cm³/mol. The van der Waals surface area contributed by atoms with Crippen LogP contribution in [0.25, 0.3) is 0 Å². The van der Waals surface area contributed by atoms with E-state index < -0.39 is 0 Å². The average molecular weight is 181 g/mol. The van der Waals surface area contributed by atoms with Gasteiger partial charge in [-0.15, -0.1) is 0 Å². The number of hydrogen-bond donors (Lipinski definition) is 0. The minimum Gasteiger partial charge on any atom is -0.491 e. The summed E-state index contributed by atoms with van der Waals surface area (Å²) < 4.78 is 15.5. The van der Waals surface area contributed by atoms with E-state index in [2.05, 4.69) is 4.98 Å². The average Bonchev–Trinajstić information content (AvgIpc) is 2.99. The molecule has 0 aliphatic carbocycles. The lowest BCUT2D eigenvalue weighted by atomic mass is 10.4. The molecule has 2 rings (SSSR count). The van der Waals surface area contributed by atoms with Gasteiger partial charge in [0.1, 0.15) is 12.7 Å². The molecule has 0 spiro atoms. The first-order valence-electron chi connectivity index (χ1n) is 4.13. The summed E-state index contributed by atoms with van der Waals surface area (Å²) in [4.78, 5) is 4.05. The van der Waals surface area contributed by atoms with Gasteiger partial charge in [-0.1, -0.05) is 0 Å². The molecule has 2 heterocycles. The molecular formula is C9H11NO3. The Labute approximate surface area is 76.4 Å². The van der Waals surface area contributed by atoms with E-state index in [0.29, 0.717) is 18.2 Å². The van der Waals surface area contributed by atoms with E-state index in [1.54, 1.807) is 19.4 Å². The molecule has 1 unspecified atom stereocenters. The van der Waals surface area contributed by atoms with Gasteiger partial charge in [0, 0.05) is 6.20 Å². The van der Waals surface area contributed by atoms with E-state index in [1.165, 1.54) is 0 Å². The zero-order chi connectivity index (χ0) is 9.10. The van der Waals surface area contributed by atoms with E-state index in [0.717, 1.165) is 6.61 Å². The number of methoxy groups -OCH3 is 1. The second-order valence-corrected chi connectivity index (χ2v) is 2.78. The van der Waals surface area contributed by atoms with E-state index in [1.807, 2.05) is 6.07 Å². The fraction of sp³-hybridized carbons (Fsp3) is 0.444. The molecule has 0 saturated carbocycles. The molecule has 13 heavy (non-hydrogen) atoms. The van der Waals surface area contributed by atoms with Gasteiger partial charge in [-0.25, -0.2) is 4.98 Å². The molecule has 4 nitrogen and oxygen atoms in total. The third-order valence-corrected chi connectivity index (χ3v) is 1.76. The Kier molecular flexibility index (Phi) is 2.31. The molecule has 0 amide bonds. The molecule has 70 valence electrons. The molecule has 4 heteroatoms. The summed E-state index contributed by atoms with van der Waals surface area (Å²) >= 11 is 0. The third kappa shape index (κ3) is 2.09. The molecule has 1 aromatic heterocycles. The van der Waals surface area contributed by atoms with Crippen molar-refractivity contribution in [3.63, 3.8) is 0 Å². The van der Waals surface area contributed by atoms with Gasteiger partial charge in [0.2, 0.25) is 0 Å². The van der Waals surface area contributed by atoms with Crippen molar-refractivity contribution >= 4 is 0 Å². The van der Waals surface area contributed by atoms with Crippen LogP contribution >= 0.6 is 0 Å². The minimum absolute atomic E-state index is 0.242. The molecule has 0 bridgehead atoms. The van der Waals surface area contributed by atoms with Gasteiger partial charge in [-0.2, -0.15) is 0 Å². The highest BCUT2D eigenvalue weighted by atomic mass is 16.6. The van der Waals surface area contributed by atoms with Crippen molar-refractivity contribution in [2.24, 2.45) is 0 Å². The summed E-state index contributed by atoms with van der Waals surface area (Å²) in [5.41, 5.74) is 0. The zero-order valence-corrected chi connectivity index (χ0v) is 7.40. The fourth-order valence-electron chi connectivity index (χ4n) is 0.976. The van der Waals surface area contributed by atoms with Crippen LogP contribution in [0.4, 0.5) is 0 Å². The predicted octanol–water partition coefficient (Wildman–Crippen LogP) is 0.868. The Balaban J connectivity index is 1.99. The topological polar surface area (TPSA) is 43.9 Å². The number of ether oxygens (including phenoxy) is 3. The normalized spacial score (nSPS) is 19.6. The van der Waals surface area contributed by atoms with Crippen molar-refractivity contribution < 1.29 is 14.2 Å². The number of epoxide rings is 1. The van der Waals surface area contributed by atoms with E-state index in [-0.39, 0.29) is 6.10 Å². The Bertz CT molecular complexity index is 286. The highest BCUT2D eigenvalue weighted by molar-refractivity contribution is 5.32. The molecule has 1 aliphatic rings. The van der Waals surface area contributed by atoms with Crippen molar-refractivity contribution in [1.82, 2.24) is 4.98 Å². The molecule has 1 aliphatic heterocycles. The summed E-state index contributed by atoms with van der Waals surface area (Å²) in [7, 11) is 1.59. The first-order valence-corrected chi connectivity index (χ1v) is 4.13. The summed E-state index contributed by atoms with van der Waals surface area (Å²) in [6.45, 7) is 1.34. The Hall–Kier alpha value is -1.29. The van der Waals surface area contributed by atoms with Gasteiger partial charge >= 0.3 is 0 Å². The number of pyridine rings is 1. The van der Waals surface area contributed by atoms with Crippen molar-refractivity contribution in [1.29, 1.82) is 0 Å². The number of nitrogens with zero attached hydrogens (tertiary/aromatic N) is 1. The molecule has 1 saturated heterocycles. The van der Waals surface area contributed by atoms with Gasteiger partial charge in [-0.05, 0) is 12.1 Å². The fourth-order valence-corrected chi connectivity index (χ4v) is 0.976. The number of aromatic nitrogens is 1. The van der Waals surface area contributed by atoms with Gasteiger partial charge in [0.05, 0.1) is 13.7 Å². The summed E-state index contributed by atoms with van der Waals surface area (Å²) in [6, 6.07) is 3.62. The monoisotopic (exact) mass is 181 g/mol. The van der Waals surface area contributed by atoms with Crippen LogP contribution in [0.1, 0.15) is 0 Å². The molecular weight excluding hydrogens is 170 g/mol. The van der Waals surface area contributed by atoms with Crippen molar-refractivity contribution in [3.05, 3.63) is 18.3 Å². The first kappa shape index (κ1) is 8.31. The van der Waals surface area contributed by atoms with Crippen molar-refractivity contribution in [2.45, 2.75) is 6.10 Å². The van der Waals surface area contributed by atoms with Crippen LogP contribution in [0.3, 0.4) is 0 Å². The number of rotatable bonds is 4. The lowest BCUT2D eigenvalue weighted by Gasteiger charge is -2.06. The smallest absolute Gasteiger partial charge is 0.257 e. The largest absolute Gasteiger partial charge is 0.491 e. The SMILES string of the molecule is COc1cccnc1OCC1CO1. The van der Waals surface area contributed by atoms with Crippen LogP contribution < -0.4 is 9.47 Å². The zero-order valence-electron chi connectivity index (χ0n) is 7.40. The Morgan fingerprint density at radius 3 is 3.23 bits per heavy atom. The van der Waals surface area contributed by atoms with Gasteiger partial charge in [0.15, 0.2) is 5.75 Å². The second-order valence-electron chi connectivity index (χ2n) is 2.78. The molecule has 0 aromatic carbocycles. The van der Waals surface area contributed by atoms with Crippen molar-refractivity contribution in [2.75, 3.05) is 20.3 Å². The highest BCUT2D eigenvalue weighted by Gasteiger charge is 2.23. The molecule has 0 N–H and O–H groups in total. The maximum Gasteiger partial charge on any atom is 0.257 e. The van der Waals surface area contributed by atoms with Crippen LogP contribution in [0, 0.1) is 0 Å². The molecule has 1 fully saturated rings. The van der Waals surface area contributed by atoms with Crippen molar-refractivity contribution in [3.8, 4) is 11.6 Å². The Morgan fingerprint density at radius 2 is 2.54 bits per heavy atom. The van der Waals surface area contributed by atoms with Crippen LogP contribution in [-0.4, -0.2) is 31.4 Å². The van der Waals surface area contributed by atoms with E-state index in [4.69, 9.17) is 14.2 Å². The van der Waals surface area contributed by atoms with Crippen LogP contribution in [0.15, 0.2) is 18.3 Å². The van der Waals surface area contributed by atoms with Gasteiger partial charge in [-0.3, -0.25) is 0 Å². The summed E-state index contributed by atoms with van der Waals surface area (Å²) in [5, 5.41) is 0. The lowest BCUT2D eigenvalue weighted by Crippen LogP contribution is -2.06. The second kappa shape index (κ2) is 3.62. The number of hydrogen-bond acceptors (Lipinski definition) is 4. The van der Waals surface area contributed by atoms with Crippen LogP contribution in [-0.2, 0) is 4.74 Å². The molecule has 0 radical (unpaired) electrons. The maximum atomic E-state index is 5.39. The van der Waals surface area contributed by atoms with Gasteiger partial charge in [0.25, 0.3) is 5.88 Å². The third-order valence-electron chi connectivity index (χ3n) is 1.76. The lowest BCUT2D eigenvalue weighted by molar-refractivity contribution is 0.243. The maximum absolute atomic E-state index is 5.39. The summed E-state index contributed by atoms with van der Waals surface area (Å²) in [6.07, 6.45) is 1.91. The van der Waals surface area contributed by atoms with Crippen LogP contribution in [0.5, 0.6) is 11.6 Å². The summed E-state index contributed by atoms with van der Waals surface area (Å²) in [5.74, 6) is 1.18. The molecule has 1 atom stereocenters. The standard InChI is InChI=1S/C9H11NO3/c1-11-8-3-2-4-10-9(8)13-6-7-5-12-7/h2-4,7H,5-6H2,1H3.